The summed E-state index contributed by atoms with van der Waals surface area (Å²) in [7, 11) is 3.87. The Morgan fingerprint density at radius 3 is 2.88 bits per heavy atom. The first-order valence-corrected chi connectivity index (χ1v) is 8.50. The van der Waals surface area contributed by atoms with Crippen LogP contribution < -0.4 is 5.32 Å². The lowest BCUT2D eigenvalue weighted by Crippen LogP contribution is -2.51. The average molecular weight is 328 g/mol. The van der Waals surface area contributed by atoms with Crippen molar-refractivity contribution in [1.29, 1.82) is 0 Å². The fourth-order valence-electron chi connectivity index (χ4n) is 4.16. The molecule has 7 heteroatoms. The minimum atomic E-state index is -0.00677. The van der Waals surface area contributed by atoms with Gasteiger partial charge in [0.25, 0.3) is 5.91 Å². The van der Waals surface area contributed by atoms with E-state index in [0.29, 0.717) is 17.0 Å². The smallest absolute Gasteiger partial charge is 0.254 e. The van der Waals surface area contributed by atoms with Crippen molar-refractivity contribution in [2.75, 3.05) is 13.1 Å². The van der Waals surface area contributed by atoms with E-state index >= 15 is 0 Å². The van der Waals surface area contributed by atoms with E-state index in [0.717, 1.165) is 32.5 Å². The Balaban J connectivity index is 1.28. The fourth-order valence-corrected chi connectivity index (χ4v) is 4.16. The zero-order chi connectivity index (χ0) is 16.7. The van der Waals surface area contributed by atoms with Crippen LogP contribution in [-0.4, -0.2) is 49.3 Å². The second-order valence-corrected chi connectivity index (χ2v) is 7.44. The highest BCUT2D eigenvalue weighted by molar-refractivity contribution is 5.93. The molecule has 0 atom stereocenters. The van der Waals surface area contributed by atoms with Gasteiger partial charge >= 0.3 is 0 Å². The highest BCUT2D eigenvalue weighted by atomic mass is 16.1. The first-order valence-electron chi connectivity index (χ1n) is 8.50. The van der Waals surface area contributed by atoms with E-state index in [4.69, 9.17) is 0 Å². The van der Waals surface area contributed by atoms with E-state index in [2.05, 4.69) is 24.9 Å². The Morgan fingerprint density at radius 2 is 2.21 bits per heavy atom. The maximum absolute atomic E-state index is 12.2. The number of aromatic nitrogens is 4. The highest BCUT2D eigenvalue weighted by Crippen LogP contribution is 2.48. The molecule has 2 aromatic heterocycles. The van der Waals surface area contributed by atoms with Gasteiger partial charge in [-0.3, -0.25) is 14.4 Å². The molecular formula is C17H24N6O. The molecule has 2 aliphatic rings. The normalized spacial score (nSPS) is 26.7. The molecule has 7 nitrogen and oxygen atoms in total. The van der Waals surface area contributed by atoms with Crippen molar-refractivity contribution in [3.8, 4) is 0 Å². The molecule has 4 rings (SSSR count). The summed E-state index contributed by atoms with van der Waals surface area (Å²) in [5.74, 6) is -0.00677. The molecule has 2 fully saturated rings. The van der Waals surface area contributed by atoms with Crippen LogP contribution in [0.5, 0.6) is 0 Å². The first-order chi connectivity index (χ1) is 11.5. The van der Waals surface area contributed by atoms with Crippen LogP contribution in [0.15, 0.2) is 24.9 Å². The third-order valence-corrected chi connectivity index (χ3v) is 5.48. The minimum Gasteiger partial charge on any atom is -0.349 e. The molecule has 0 aromatic carbocycles. The second kappa shape index (κ2) is 5.73. The molecule has 1 spiro atoms. The number of imidazole rings is 1. The summed E-state index contributed by atoms with van der Waals surface area (Å²) in [6.45, 7) is 3.22. The number of hydrogen-bond acceptors (Lipinski definition) is 4. The van der Waals surface area contributed by atoms with Crippen LogP contribution in [0.3, 0.4) is 0 Å². The number of likely N-dealkylation sites (tertiary alicyclic amines) is 1. The summed E-state index contributed by atoms with van der Waals surface area (Å²) < 4.78 is 3.74. The molecule has 24 heavy (non-hydrogen) atoms. The molecule has 1 N–H and O–H groups in total. The van der Waals surface area contributed by atoms with Crippen LogP contribution in [0.1, 0.15) is 35.3 Å². The Labute approximate surface area is 141 Å². The van der Waals surface area contributed by atoms with Crippen LogP contribution in [0.2, 0.25) is 0 Å². The molecule has 1 saturated carbocycles. The van der Waals surface area contributed by atoms with Crippen LogP contribution in [0.4, 0.5) is 0 Å². The summed E-state index contributed by atoms with van der Waals surface area (Å²) in [6.07, 6.45) is 10.6. The van der Waals surface area contributed by atoms with Crippen LogP contribution in [0.25, 0.3) is 0 Å². The van der Waals surface area contributed by atoms with Crippen LogP contribution in [-0.2, 0) is 20.6 Å². The Hall–Kier alpha value is -2.15. The fraction of sp³-hybridized carbons (Fsp3) is 0.588. The summed E-state index contributed by atoms with van der Waals surface area (Å²) in [6, 6.07) is 0.300. The summed E-state index contributed by atoms with van der Waals surface area (Å²) in [4.78, 5) is 18.9. The number of carbonyl (C=O) groups is 1. The van der Waals surface area contributed by atoms with Gasteiger partial charge in [-0.25, -0.2) is 4.98 Å². The molecule has 1 amide bonds. The van der Waals surface area contributed by atoms with E-state index < -0.39 is 0 Å². The van der Waals surface area contributed by atoms with Crippen LogP contribution >= 0.6 is 0 Å². The van der Waals surface area contributed by atoms with Crippen molar-refractivity contribution in [2.45, 2.75) is 31.8 Å². The van der Waals surface area contributed by atoms with Gasteiger partial charge in [-0.05, 0) is 31.2 Å². The lowest BCUT2D eigenvalue weighted by molar-refractivity contribution is 0.0693. The van der Waals surface area contributed by atoms with Gasteiger partial charge in [-0.2, -0.15) is 5.10 Å². The molecular weight excluding hydrogens is 304 g/mol. The summed E-state index contributed by atoms with van der Waals surface area (Å²) >= 11 is 0. The van der Waals surface area contributed by atoms with E-state index in [1.165, 1.54) is 12.1 Å². The van der Waals surface area contributed by atoms with E-state index in [9.17, 15) is 4.79 Å². The van der Waals surface area contributed by atoms with E-state index in [1.807, 2.05) is 26.6 Å². The van der Waals surface area contributed by atoms with Crippen molar-refractivity contribution in [2.24, 2.45) is 19.5 Å². The number of hydrogen-bond donors (Lipinski definition) is 1. The third-order valence-electron chi connectivity index (χ3n) is 5.48. The van der Waals surface area contributed by atoms with Crippen molar-refractivity contribution in [3.63, 3.8) is 0 Å². The van der Waals surface area contributed by atoms with E-state index in [-0.39, 0.29) is 5.91 Å². The van der Waals surface area contributed by atoms with Gasteiger partial charge in [0.2, 0.25) is 0 Å². The molecule has 128 valence electrons. The van der Waals surface area contributed by atoms with Gasteiger partial charge in [0.1, 0.15) is 0 Å². The molecule has 0 radical (unpaired) electrons. The Bertz CT molecular complexity index is 742. The molecule has 1 saturated heterocycles. The lowest BCUT2D eigenvalue weighted by atomic mass is 9.65. The summed E-state index contributed by atoms with van der Waals surface area (Å²) in [5, 5.41) is 7.20. The number of rotatable bonds is 4. The van der Waals surface area contributed by atoms with Crippen molar-refractivity contribution >= 4 is 5.91 Å². The van der Waals surface area contributed by atoms with Gasteiger partial charge in [-0.15, -0.1) is 0 Å². The van der Waals surface area contributed by atoms with Crippen molar-refractivity contribution in [3.05, 3.63) is 36.2 Å². The predicted molar refractivity (Wildman–Crippen MR) is 89.2 cm³/mol. The number of nitrogens with zero attached hydrogens (tertiary/aromatic N) is 5. The topological polar surface area (TPSA) is 68.0 Å². The first kappa shape index (κ1) is 15.4. The molecule has 0 unspecified atom stereocenters. The second-order valence-electron chi connectivity index (χ2n) is 7.44. The molecule has 1 aliphatic heterocycles. The standard InChI is InChI=1S/C17H24N6O/c1-21-12-18-8-15(21)10-23-4-3-17(11-23)5-14(6-17)20-16(24)13-7-19-22(2)9-13/h7-9,12,14H,3-6,10-11H2,1-2H3,(H,20,24). The maximum atomic E-state index is 12.2. The van der Waals surface area contributed by atoms with Crippen molar-refractivity contribution < 1.29 is 4.79 Å². The van der Waals surface area contributed by atoms with E-state index in [1.54, 1.807) is 17.1 Å². The zero-order valence-electron chi connectivity index (χ0n) is 14.3. The molecule has 0 bridgehead atoms. The van der Waals surface area contributed by atoms with Gasteiger partial charge in [-0.1, -0.05) is 0 Å². The highest BCUT2D eigenvalue weighted by Gasteiger charge is 2.48. The number of aryl methyl sites for hydroxylation is 2. The monoisotopic (exact) mass is 328 g/mol. The number of nitrogens with one attached hydrogen (secondary N) is 1. The lowest BCUT2D eigenvalue weighted by Gasteiger charge is -2.45. The quantitative estimate of drug-likeness (QED) is 0.907. The number of amides is 1. The van der Waals surface area contributed by atoms with Crippen molar-refractivity contribution in [1.82, 2.24) is 29.5 Å². The predicted octanol–water partition coefficient (Wildman–Crippen LogP) is 0.938. The van der Waals surface area contributed by atoms with Crippen LogP contribution in [0, 0.1) is 5.41 Å². The zero-order valence-corrected chi connectivity index (χ0v) is 14.3. The summed E-state index contributed by atoms with van der Waals surface area (Å²) in [5.41, 5.74) is 2.29. The number of carbonyl (C=O) groups excluding carboxylic acids is 1. The molecule has 3 heterocycles. The average Bonchev–Trinajstić information content (AvgIpc) is 3.21. The maximum Gasteiger partial charge on any atom is 0.254 e. The SMILES string of the molecule is Cn1cc(C(=O)NC2CC3(CCN(Cc4cncn4C)C3)C2)cn1. The largest absolute Gasteiger partial charge is 0.349 e. The Kier molecular flexibility index (Phi) is 3.68. The molecule has 2 aromatic rings. The van der Waals surface area contributed by atoms with Gasteiger partial charge in [0, 0.05) is 45.6 Å². The minimum absolute atomic E-state index is 0.00677. The van der Waals surface area contributed by atoms with Gasteiger partial charge < -0.3 is 9.88 Å². The third kappa shape index (κ3) is 2.84. The Morgan fingerprint density at radius 1 is 1.38 bits per heavy atom. The van der Waals surface area contributed by atoms with Gasteiger partial charge in [0.05, 0.1) is 23.8 Å². The molecule has 1 aliphatic carbocycles. The van der Waals surface area contributed by atoms with Gasteiger partial charge in [0.15, 0.2) is 0 Å².